The number of hydrogen-bond donors (Lipinski definition) is 1. The van der Waals surface area contributed by atoms with Crippen LogP contribution < -0.4 is 10.5 Å². The summed E-state index contributed by atoms with van der Waals surface area (Å²) in [6, 6.07) is 11.6. The summed E-state index contributed by atoms with van der Waals surface area (Å²) in [4.78, 5) is 4.46. The fraction of sp³-hybridized carbons (Fsp3) is 0.250. The van der Waals surface area contributed by atoms with Gasteiger partial charge in [0.2, 0.25) is 5.88 Å². The van der Waals surface area contributed by atoms with Crippen molar-refractivity contribution >= 4 is 17.2 Å². The molecule has 2 rings (SSSR count). The van der Waals surface area contributed by atoms with Crippen LogP contribution in [0.5, 0.6) is 11.6 Å². The predicted octanol–water partition coefficient (Wildman–Crippen LogP) is 4.02. The Balaban J connectivity index is 2.20. The first-order valence-electron chi connectivity index (χ1n) is 6.64. The van der Waals surface area contributed by atoms with Crippen LogP contribution in [0.3, 0.4) is 0 Å². The van der Waals surface area contributed by atoms with Gasteiger partial charge in [0.25, 0.3) is 0 Å². The monoisotopic (exact) mass is 286 g/mol. The van der Waals surface area contributed by atoms with Crippen molar-refractivity contribution in [3.8, 4) is 11.6 Å². The lowest BCUT2D eigenvalue weighted by Crippen LogP contribution is -2.11. The Kier molecular flexibility index (Phi) is 4.69. The third kappa shape index (κ3) is 3.33. The Hall–Kier alpha value is -1.94. The Morgan fingerprint density at radius 2 is 2.00 bits per heavy atom. The molecule has 0 saturated carbocycles. The lowest BCUT2D eigenvalue weighted by Gasteiger charge is -2.11. The van der Waals surface area contributed by atoms with Crippen molar-refractivity contribution in [3.63, 3.8) is 0 Å². The minimum absolute atomic E-state index is 0.282. The average Bonchev–Trinajstić information content (AvgIpc) is 2.47. The SMILES string of the molecule is CCC(C)c1ccc(Oc2ncccc2C(N)=S)cc1. The summed E-state index contributed by atoms with van der Waals surface area (Å²) in [5, 5.41) is 0. The summed E-state index contributed by atoms with van der Waals surface area (Å²) in [6.45, 7) is 4.39. The van der Waals surface area contributed by atoms with E-state index in [0.29, 0.717) is 17.4 Å². The summed E-state index contributed by atoms with van der Waals surface area (Å²) in [5.74, 6) is 1.72. The molecule has 20 heavy (non-hydrogen) atoms. The summed E-state index contributed by atoms with van der Waals surface area (Å²) in [6.07, 6.45) is 2.77. The number of aromatic nitrogens is 1. The highest BCUT2D eigenvalue weighted by Gasteiger charge is 2.09. The van der Waals surface area contributed by atoms with Crippen molar-refractivity contribution < 1.29 is 4.74 Å². The molecule has 0 spiro atoms. The van der Waals surface area contributed by atoms with E-state index in [9.17, 15) is 0 Å². The number of rotatable bonds is 5. The van der Waals surface area contributed by atoms with Crippen LogP contribution >= 0.6 is 12.2 Å². The molecule has 1 aromatic carbocycles. The van der Waals surface area contributed by atoms with Gasteiger partial charge in [0, 0.05) is 6.20 Å². The van der Waals surface area contributed by atoms with Crippen LogP contribution in [0.1, 0.15) is 37.3 Å². The zero-order chi connectivity index (χ0) is 14.5. The molecule has 0 aliphatic heterocycles. The van der Waals surface area contributed by atoms with Gasteiger partial charge < -0.3 is 10.5 Å². The number of pyridine rings is 1. The van der Waals surface area contributed by atoms with Crippen molar-refractivity contribution in [2.24, 2.45) is 5.73 Å². The van der Waals surface area contributed by atoms with E-state index in [1.165, 1.54) is 5.56 Å². The molecule has 1 aromatic heterocycles. The lowest BCUT2D eigenvalue weighted by atomic mass is 9.99. The highest BCUT2D eigenvalue weighted by molar-refractivity contribution is 7.80. The summed E-state index contributed by atoms with van der Waals surface area (Å²) >= 11 is 4.99. The van der Waals surface area contributed by atoms with Crippen molar-refractivity contribution in [1.29, 1.82) is 0 Å². The molecule has 0 aliphatic rings. The smallest absolute Gasteiger partial charge is 0.229 e. The number of thiocarbonyl (C=S) groups is 1. The first kappa shape index (κ1) is 14.5. The van der Waals surface area contributed by atoms with E-state index < -0.39 is 0 Å². The molecule has 2 aromatic rings. The highest BCUT2D eigenvalue weighted by atomic mass is 32.1. The molecule has 0 fully saturated rings. The van der Waals surface area contributed by atoms with Crippen molar-refractivity contribution in [2.75, 3.05) is 0 Å². The molecule has 3 nitrogen and oxygen atoms in total. The number of hydrogen-bond acceptors (Lipinski definition) is 3. The van der Waals surface area contributed by atoms with Crippen LogP contribution in [0.15, 0.2) is 42.6 Å². The molecular formula is C16H18N2OS. The van der Waals surface area contributed by atoms with Crippen molar-refractivity contribution in [3.05, 3.63) is 53.7 Å². The molecule has 0 amide bonds. The van der Waals surface area contributed by atoms with E-state index in [2.05, 4.69) is 31.0 Å². The van der Waals surface area contributed by atoms with Crippen LogP contribution in [-0.4, -0.2) is 9.97 Å². The Morgan fingerprint density at radius 1 is 1.30 bits per heavy atom. The van der Waals surface area contributed by atoms with Gasteiger partial charge in [-0.15, -0.1) is 0 Å². The third-order valence-electron chi connectivity index (χ3n) is 3.31. The molecule has 104 valence electrons. The normalized spacial score (nSPS) is 11.9. The molecule has 1 unspecified atom stereocenters. The van der Waals surface area contributed by atoms with E-state index in [4.69, 9.17) is 22.7 Å². The molecule has 0 saturated heterocycles. The summed E-state index contributed by atoms with van der Waals surface area (Å²) < 4.78 is 5.76. The Labute approximate surface area is 124 Å². The van der Waals surface area contributed by atoms with Crippen LogP contribution in [0, 0.1) is 0 Å². The van der Waals surface area contributed by atoms with Crippen molar-refractivity contribution in [1.82, 2.24) is 4.98 Å². The van der Waals surface area contributed by atoms with Crippen LogP contribution in [0.25, 0.3) is 0 Å². The van der Waals surface area contributed by atoms with E-state index >= 15 is 0 Å². The van der Waals surface area contributed by atoms with Crippen LogP contribution in [0.2, 0.25) is 0 Å². The van der Waals surface area contributed by atoms with Gasteiger partial charge in [-0.3, -0.25) is 0 Å². The molecule has 1 heterocycles. The lowest BCUT2D eigenvalue weighted by molar-refractivity contribution is 0.461. The maximum atomic E-state index is 5.76. The fourth-order valence-electron chi connectivity index (χ4n) is 1.87. The zero-order valence-corrected chi connectivity index (χ0v) is 12.5. The van der Waals surface area contributed by atoms with E-state index in [1.54, 1.807) is 18.3 Å². The first-order valence-corrected chi connectivity index (χ1v) is 7.05. The second-order valence-electron chi connectivity index (χ2n) is 4.70. The Bertz CT molecular complexity index is 596. The first-order chi connectivity index (χ1) is 9.61. The van der Waals surface area contributed by atoms with Gasteiger partial charge in [0.15, 0.2) is 0 Å². The van der Waals surface area contributed by atoms with E-state index in [-0.39, 0.29) is 4.99 Å². The molecule has 0 bridgehead atoms. The number of benzene rings is 1. The van der Waals surface area contributed by atoms with Crippen LogP contribution in [-0.2, 0) is 0 Å². The largest absolute Gasteiger partial charge is 0.438 e. The molecule has 1 atom stereocenters. The van der Waals surface area contributed by atoms with Gasteiger partial charge in [-0.05, 0) is 42.2 Å². The highest BCUT2D eigenvalue weighted by Crippen LogP contribution is 2.26. The molecule has 0 aliphatic carbocycles. The quantitative estimate of drug-likeness (QED) is 0.843. The topological polar surface area (TPSA) is 48.1 Å². The Morgan fingerprint density at radius 3 is 2.60 bits per heavy atom. The molecular weight excluding hydrogens is 268 g/mol. The number of nitrogens with zero attached hydrogens (tertiary/aromatic N) is 1. The van der Waals surface area contributed by atoms with Gasteiger partial charge in [-0.2, -0.15) is 0 Å². The predicted molar refractivity (Wildman–Crippen MR) is 85.3 cm³/mol. The standard InChI is InChI=1S/C16H18N2OS/c1-3-11(2)12-6-8-13(9-7-12)19-16-14(15(17)20)5-4-10-18-16/h4-11H,3H2,1-2H3,(H2,17,20). The van der Waals surface area contributed by atoms with Gasteiger partial charge in [-0.25, -0.2) is 4.98 Å². The molecule has 4 heteroatoms. The number of nitrogens with two attached hydrogens (primary N) is 1. The van der Waals surface area contributed by atoms with Gasteiger partial charge in [-0.1, -0.05) is 38.2 Å². The maximum Gasteiger partial charge on any atom is 0.229 e. The minimum atomic E-state index is 0.282. The second-order valence-corrected chi connectivity index (χ2v) is 5.14. The van der Waals surface area contributed by atoms with E-state index in [1.807, 2.05) is 12.1 Å². The fourth-order valence-corrected chi connectivity index (χ4v) is 2.03. The average molecular weight is 286 g/mol. The van der Waals surface area contributed by atoms with Crippen LogP contribution in [0.4, 0.5) is 0 Å². The van der Waals surface area contributed by atoms with Gasteiger partial charge in [0.05, 0.1) is 5.56 Å². The summed E-state index contributed by atoms with van der Waals surface area (Å²) in [7, 11) is 0. The van der Waals surface area contributed by atoms with E-state index in [0.717, 1.165) is 12.2 Å². The minimum Gasteiger partial charge on any atom is -0.438 e. The van der Waals surface area contributed by atoms with Crippen molar-refractivity contribution in [2.45, 2.75) is 26.2 Å². The zero-order valence-electron chi connectivity index (χ0n) is 11.7. The third-order valence-corrected chi connectivity index (χ3v) is 3.53. The summed E-state index contributed by atoms with van der Waals surface area (Å²) in [5.41, 5.74) is 7.61. The molecule has 0 radical (unpaired) electrons. The maximum absolute atomic E-state index is 5.76. The number of ether oxygens (including phenoxy) is 1. The molecule has 2 N–H and O–H groups in total. The van der Waals surface area contributed by atoms with Gasteiger partial charge >= 0.3 is 0 Å². The second kappa shape index (κ2) is 6.48. The van der Waals surface area contributed by atoms with Gasteiger partial charge in [0.1, 0.15) is 10.7 Å².